The molecule has 7 heteroatoms. The predicted molar refractivity (Wildman–Crippen MR) is 69.8 cm³/mol. The van der Waals surface area contributed by atoms with E-state index in [1.54, 1.807) is 0 Å². The van der Waals surface area contributed by atoms with Gasteiger partial charge in [0.05, 0.1) is 0 Å². The van der Waals surface area contributed by atoms with Gasteiger partial charge in [-0.05, 0) is 36.4 Å². The molecule has 0 spiro atoms. The van der Waals surface area contributed by atoms with Crippen molar-refractivity contribution in [3.8, 4) is 23.0 Å². The molecular formula is C14H10O7. The summed E-state index contributed by atoms with van der Waals surface area (Å²) in [5.41, 5.74) is -0.708. The van der Waals surface area contributed by atoms with E-state index < -0.39 is 29.0 Å². The molecule has 0 aliphatic rings. The lowest BCUT2D eigenvalue weighted by Crippen LogP contribution is -2.09. The Labute approximate surface area is 118 Å². The summed E-state index contributed by atoms with van der Waals surface area (Å²) < 4.78 is 4.90. The molecule has 2 rings (SSSR count). The summed E-state index contributed by atoms with van der Waals surface area (Å²) in [6.45, 7) is 0. The third-order valence-electron chi connectivity index (χ3n) is 2.61. The SMILES string of the molecule is O=C(O)c1cc(OC(=O)c2cc(O)ccc2O)ccc1O. The molecule has 0 amide bonds. The van der Waals surface area contributed by atoms with Gasteiger partial charge in [-0.15, -0.1) is 0 Å². The lowest BCUT2D eigenvalue weighted by atomic mass is 10.2. The molecule has 0 unspecified atom stereocenters. The highest BCUT2D eigenvalue weighted by Gasteiger charge is 2.17. The molecule has 108 valence electrons. The highest BCUT2D eigenvalue weighted by atomic mass is 16.5. The van der Waals surface area contributed by atoms with Crippen LogP contribution < -0.4 is 4.74 Å². The first-order valence-corrected chi connectivity index (χ1v) is 5.69. The number of esters is 1. The fourth-order valence-corrected chi connectivity index (χ4v) is 1.60. The molecular weight excluding hydrogens is 280 g/mol. The van der Waals surface area contributed by atoms with Crippen molar-refractivity contribution < 1.29 is 34.8 Å². The second-order valence-corrected chi connectivity index (χ2v) is 4.08. The van der Waals surface area contributed by atoms with E-state index in [4.69, 9.17) is 9.84 Å². The van der Waals surface area contributed by atoms with E-state index in [0.717, 1.165) is 24.3 Å². The molecule has 0 aliphatic carbocycles. The number of carboxylic acids is 1. The lowest BCUT2D eigenvalue weighted by molar-refractivity contribution is 0.0683. The van der Waals surface area contributed by atoms with Crippen LogP contribution in [0.2, 0.25) is 0 Å². The maximum absolute atomic E-state index is 11.8. The van der Waals surface area contributed by atoms with E-state index >= 15 is 0 Å². The Kier molecular flexibility index (Phi) is 3.66. The molecule has 0 bridgehead atoms. The summed E-state index contributed by atoms with van der Waals surface area (Å²) in [4.78, 5) is 22.7. The van der Waals surface area contributed by atoms with Gasteiger partial charge in [0, 0.05) is 0 Å². The minimum absolute atomic E-state index is 0.127. The van der Waals surface area contributed by atoms with Crippen LogP contribution in [0.1, 0.15) is 20.7 Å². The van der Waals surface area contributed by atoms with Crippen molar-refractivity contribution in [2.75, 3.05) is 0 Å². The lowest BCUT2D eigenvalue weighted by Gasteiger charge is -2.07. The van der Waals surface area contributed by atoms with E-state index in [0.29, 0.717) is 0 Å². The molecule has 21 heavy (non-hydrogen) atoms. The first-order valence-electron chi connectivity index (χ1n) is 5.69. The molecule has 0 heterocycles. The fraction of sp³-hybridized carbons (Fsp3) is 0. The monoisotopic (exact) mass is 290 g/mol. The van der Waals surface area contributed by atoms with Gasteiger partial charge < -0.3 is 25.2 Å². The number of hydrogen-bond acceptors (Lipinski definition) is 6. The van der Waals surface area contributed by atoms with Gasteiger partial charge in [0.15, 0.2) is 0 Å². The van der Waals surface area contributed by atoms with Crippen molar-refractivity contribution >= 4 is 11.9 Å². The molecule has 0 aromatic heterocycles. The summed E-state index contributed by atoms with van der Waals surface area (Å²) >= 11 is 0. The van der Waals surface area contributed by atoms with Gasteiger partial charge in [-0.2, -0.15) is 0 Å². The van der Waals surface area contributed by atoms with Crippen LogP contribution in [0.5, 0.6) is 23.0 Å². The Morgan fingerprint density at radius 2 is 1.48 bits per heavy atom. The van der Waals surface area contributed by atoms with Gasteiger partial charge >= 0.3 is 11.9 Å². The Bertz CT molecular complexity index is 721. The Balaban J connectivity index is 2.29. The summed E-state index contributed by atoms with van der Waals surface area (Å²) in [7, 11) is 0. The van der Waals surface area contributed by atoms with E-state index in [1.165, 1.54) is 12.1 Å². The van der Waals surface area contributed by atoms with Crippen molar-refractivity contribution in [3.05, 3.63) is 47.5 Å². The number of benzene rings is 2. The van der Waals surface area contributed by atoms with E-state index in [9.17, 15) is 24.9 Å². The van der Waals surface area contributed by atoms with Gasteiger partial charge in [-0.1, -0.05) is 0 Å². The van der Waals surface area contributed by atoms with Crippen LogP contribution in [0, 0.1) is 0 Å². The van der Waals surface area contributed by atoms with Crippen LogP contribution in [0.4, 0.5) is 0 Å². The van der Waals surface area contributed by atoms with Crippen molar-refractivity contribution in [2.45, 2.75) is 0 Å². The fourth-order valence-electron chi connectivity index (χ4n) is 1.60. The Morgan fingerprint density at radius 3 is 2.14 bits per heavy atom. The molecule has 0 radical (unpaired) electrons. The highest BCUT2D eigenvalue weighted by Crippen LogP contribution is 2.26. The second kappa shape index (κ2) is 5.41. The van der Waals surface area contributed by atoms with Crippen LogP contribution in [-0.4, -0.2) is 32.4 Å². The molecule has 2 aromatic carbocycles. The van der Waals surface area contributed by atoms with Crippen LogP contribution in [0.3, 0.4) is 0 Å². The number of phenolic OH excluding ortho intramolecular Hbond substituents is 2. The van der Waals surface area contributed by atoms with Crippen molar-refractivity contribution in [3.63, 3.8) is 0 Å². The van der Waals surface area contributed by atoms with Crippen molar-refractivity contribution in [1.82, 2.24) is 0 Å². The molecule has 4 N–H and O–H groups in total. The quantitative estimate of drug-likeness (QED) is 0.385. The third-order valence-corrected chi connectivity index (χ3v) is 2.61. The zero-order valence-corrected chi connectivity index (χ0v) is 10.5. The molecule has 0 atom stereocenters. The smallest absolute Gasteiger partial charge is 0.347 e. The number of rotatable bonds is 3. The topological polar surface area (TPSA) is 124 Å². The number of carboxylic acid groups (broad SMARTS) is 1. The van der Waals surface area contributed by atoms with E-state index in [2.05, 4.69) is 0 Å². The van der Waals surface area contributed by atoms with Gasteiger partial charge in [0.2, 0.25) is 0 Å². The Hall–Kier alpha value is -3.22. The number of hydrogen-bond donors (Lipinski definition) is 4. The molecule has 0 saturated heterocycles. The standard InChI is InChI=1S/C14H10O7/c15-7-1-3-12(17)10(5-7)14(20)21-8-2-4-11(16)9(6-8)13(18)19/h1-6,15-17H,(H,18,19). The number of aromatic carboxylic acids is 1. The first kappa shape index (κ1) is 14.2. The average Bonchev–Trinajstić information content (AvgIpc) is 2.43. The number of carbonyl (C=O) groups is 2. The maximum Gasteiger partial charge on any atom is 0.347 e. The minimum atomic E-state index is -1.38. The van der Waals surface area contributed by atoms with Crippen molar-refractivity contribution in [1.29, 1.82) is 0 Å². The summed E-state index contributed by atoms with van der Waals surface area (Å²) in [6, 6.07) is 6.54. The zero-order chi connectivity index (χ0) is 15.6. The largest absolute Gasteiger partial charge is 0.508 e. The molecule has 0 fully saturated rings. The predicted octanol–water partition coefficient (Wildman–Crippen LogP) is 1.72. The van der Waals surface area contributed by atoms with Crippen molar-refractivity contribution in [2.24, 2.45) is 0 Å². The summed E-state index contributed by atoms with van der Waals surface area (Å²) in [5.74, 6) is -3.59. The van der Waals surface area contributed by atoms with E-state index in [1.807, 2.05) is 0 Å². The van der Waals surface area contributed by atoms with Gasteiger partial charge in [0.25, 0.3) is 0 Å². The second-order valence-electron chi connectivity index (χ2n) is 4.08. The summed E-state index contributed by atoms with van der Waals surface area (Å²) in [6.07, 6.45) is 0. The normalized spacial score (nSPS) is 10.1. The zero-order valence-electron chi connectivity index (χ0n) is 10.5. The van der Waals surface area contributed by atoms with Crippen LogP contribution in [-0.2, 0) is 0 Å². The summed E-state index contributed by atoms with van der Waals surface area (Å²) in [5, 5.41) is 37.0. The highest BCUT2D eigenvalue weighted by molar-refractivity contribution is 5.95. The maximum atomic E-state index is 11.8. The number of ether oxygens (including phenoxy) is 1. The average molecular weight is 290 g/mol. The van der Waals surface area contributed by atoms with Gasteiger partial charge in [-0.3, -0.25) is 0 Å². The molecule has 0 aliphatic heterocycles. The Morgan fingerprint density at radius 1 is 0.857 bits per heavy atom. The van der Waals surface area contributed by atoms with Crippen LogP contribution in [0.15, 0.2) is 36.4 Å². The number of phenols is 3. The van der Waals surface area contributed by atoms with E-state index in [-0.39, 0.29) is 17.1 Å². The van der Waals surface area contributed by atoms with Gasteiger partial charge in [-0.25, -0.2) is 9.59 Å². The molecule has 0 saturated carbocycles. The minimum Gasteiger partial charge on any atom is -0.508 e. The van der Waals surface area contributed by atoms with Crippen LogP contribution in [0.25, 0.3) is 0 Å². The van der Waals surface area contributed by atoms with Crippen LogP contribution >= 0.6 is 0 Å². The number of carbonyl (C=O) groups excluding carboxylic acids is 1. The molecule has 2 aromatic rings. The van der Waals surface area contributed by atoms with Gasteiger partial charge in [0.1, 0.15) is 34.1 Å². The first-order chi connectivity index (χ1) is 9.88. The number of aromatic hydroxyl groups is 3. The third kappa shape index (κ3) is 3.03. The molecule has 7 nitrogen and oxygen atoms in total.